The first-order valence-electron chi connectivity index (χ1n) is 8.74. The Balaban J connectivity index is 1.60. The zero-order valence-electron chi connectivity index (χ0n) is 15.0. The summed E-state index contributed by atoms with van der Waals surface area (Å²) < 4.78 is 11.2. The van der Waals surface area contributed by atoms with Gasteiger partial charge < -0.3 is 14.8 Å². The molecule has 0 radical (unpaired) electrons. The molecule has 2 aliphatic rings. The van der Waals surface area contributed by atoms with E-state index < -0.39 is 0 Å². The van der Waals surface area contributed by atoms with Gasteiger partial charge in [0.15, 0.2) is 0 Å². The number of hydrogen-bond donors (Lipinski definition) is 1. The Hall–Kier alpha value is -2.49. The van der Waals surface area contributed by atoms with Crippen LogP contribution < -0.4 is 10.1 Å². The minimum Gasteiger partial charge on any atom is -0.497 e. The van der Waals surface area contributed by atoms with Crippen molar-refractivity contribution < 1.29 is 14.3 Å². The minimum atomic E-state index is -0.0910. The maximum atomic E-state index is 11.2. The van der Waals surface area contributed by atoms with Gasteiger partial charge in [0.25, 0.3) is 0 Å². The Morgan fingerprint density at radius 3 is 2.72 bits per heavy atom. The maximum Gasteiger partial charge on any atom is 0.217 e. The number of hydrogen-bond acceptors (Lipinski definition) is 3. The van der Waals surface area contributed by atoms with Crippen LogP contribution in [0.2, 0.25) is 0 Å². The van der Waals surface area contributed by atoms with Crippen molar-refractivity contribution >= 4 is 5.91 Å². The summed E-state index contributed by atoms with van der Waals surface area (Å²) in [5.74, 6) is 1.69. The van der Waals surface area contributed by atoms with Gasteiger partial charge in [0.05, 0.1) is 13.2 Å². The van der Waals surface area contributed by atoms with Crippen LogP contribution in [0.25, 0.3) is 0 Å². The van der Waals surface area contributed by atoms with Gasteiger partial charge >= 0.3 is 0 Å². The van der Waals surface area contributed by atoms with Gasteiger partial charge in [0.2, 0.25) is 5.91 Å². The average Bonchev–Trinajstić information content (AvgIpc) is 3.03. The quantitative estimate of drug-likeness (QED) is 0.860. The van der Waals surface area contributed by atoms with E-state index in [1.807, 2.05) is 19.1 Å². The molecule has 1 aromatic rings. The van der Waals surface area contributed by atoms with Gasteiger partial charge in [0, 0.05) is 13.3 Å². The van der Waals surface area contributed by atoms with Gasteiger partial charge in [-0.05, 0) is 49.1 Å². The van der Waals surface area contributed by atoms with Crippen molar-refractivity contribution in [1.29, 1.82) is 0 Å². The molecule has 0 saturated heterocycles. The van der Waals surface area contributed by atoms with Crippen molar-refractivity contribution in [2.24, 2.45) is 0 Å². The molecule has 1 amide bonds. The number of carbonyl (C=O) groups excluding carboxylic acids is 1. The third kappa shape index (κ3) is 4.32. The third-order valence-corrected chi connectivity index (χ3v) is 4.61. The van der Waals surface area contributed by atoms with Gasteiger partial charge in [-0.1, -0.05) is 29.9 Å². The number of amides is 1. The number of fused-ring (bicyclic) bond motifs is 1. The zero-order chi connectivity index (χ0) is 17.8. The van der Waals surface area contributed by atoms with Crippen LogP contribution in [0.1, 0.15) is 32.3 Å². The number of ether oxygens (including phenoxy) is 2. The van der Waals surface area contributed by atoms with E-state index in [4.69, 9.17) is 9.47 Å². The Morgan fingerprint density at radius 2 is 2.04 bits per heavy atom. The SMILES string of the molecule is COc1ccc(CCC2=CCC3OC(C(C)NC(C)=O)=CC3=C2)cc1. The van der Waals surface area contributed by atoms with E-state index in [0.29, 0.717) is 0 Å². The van der Waals surface area contributed by atoms with Crippen LogP contribution in [0.15, 0.2) is 59.4 Å². The molecule has 2 atom stereocenters. The molecule has 0 saturated carbocycles. The van der Waals surface area contributed by atoms with E-state index in [1.165, 1.54) is 23.6 Å². The number of benzene rings is 1. The second-order valence-electron chi connectivity index (χ2n) is 6.58. The lowest BCUT2D eigenvalue weighted by Crippen LogP contribution is -2.32. The molecule has 1 aliphatic carbocycles. The molecule has 0 bridgehead atoms. The number of allylic oxidation sites excluding steroid dienone is 2. The molecular formula is C21H25NO3. The van der Waals surface area contributed by atoms with E-state index in [-0.39, 0.29) is 18.1 Å². The van der Waals surface area contributed by atoms with Crippen LogP contribution >= 0.6 is 0 Å². The van der Waals surface area contributed by atoms with Crippen molar-refractivity contribution in [2.45, 2.75) is 45.3 Å². The van der Waals surface area contributed by atoms with Gasteiger partial charge in [-0.15, -0.1) is 0 Å². The Morgan fingerprint density at radius 1 is 1.28 bits per heavy atom. The van der Waals surface area contributed by atoms with Crippen LogP contribution in [0.5, 0.6) is 5.75 Å². The summed E-state index contributed by atoms with van der Waals surface area (Å²) in [6.07, 6.45) is 9.55. The monoisotopic (exact) mass is 339 g/mol. The topological polar surface area (TPSA) is 47.6 Å². The molecule has 0 aromatic heterocycles. The maximum absolute atomic E-state index is 11.2. The molecule has 25 heavy (non-hydrogen) atoms. The number of aryl methyl sites for hydroxylation is 1. The van der Waals surface area contributed by atoms with E-state index in [9.17, 15) is 4.79 Å². The van der Waals surface area contributed by atoms with Crippen molar-refractivity contribution in [3.63, 3.8) is 0 Å². The van der Waals surface area contributed by atoms with E-state index in [2.05, 4.69) is 35.7 Å². The van der Waals surface area contributed by atoms with Crippen molar-refractivity contribution in [1.82, 2.24) is 5.32 Å². The molecule has 0 spiro atoms. The zero-order valence-corrected chi connectivity index (χ0v) is 15.0. The highest BCUT2D eigenvalue weighted by atomic mass is 16.5. The predicted molar refractivity (Wildman–Crippen MR) is 98.3 cm³/mol. The van der Waals surface area contributed by atoms with Gasteiger partial charge in [-0.2, -0.15) is 0 Å². The molecule has 0 fully saturated rings. The van der Waals surface area contributed by atoms with E-state index >= 15 is 0 Å². The number of rotatable bonds is 6. The smallest absolute Gasteiger partial charge is 0.217 e. The Labute approximate surface area is 149 Å². The van der Waals surface area contributed by atoms with Crippen LogP contribution in [0, 0.1) is 0 Å². The molecule has 3 rings (SSSR count). The van der Waals surface area contributed by atoms with Crippen LogP contribution in [0.3, 0.4) is 0 Å². The van der Waals surface area contributed by atoms with E-state index in [0.717, 1.165) is 30.8 Å². The highest BCUT2D eigenvalue weighted by molar-refractivity contribution is 5.73. The molecule has 4 nitrogen and oxygen atoms in total. The molecule has 1 N–H and O–H groups in total. The second kappa shape index (κ2) is 7.60. The van der Waals surface area contributed by atoms with E-state index in [1.54, 1.807) is 7.11 Å². The van der Waals surface area contributed by atoms with Crippen molar-refractivity contribution in [3.05, 3.63) is 65.0 Å². The first kappa shape index (κ1) is 17.3. The summed E-state index contributed by atoms with van der Waals surface area (Å²) in [6, 6.07) is 8.14. The molecule has 1 aliphatic heterocycles. The Kier molecular flexibility index (Phi) is 5.27. The first-order valence-corrected chi connectivity index (χ1v) is 8.74. The number of methoxy groups -OCH3 is 1. The molecular weight excluding hydrogens is 314 g/mol. The molecule has 132 valence electrons. The highest BCUT2D eigenvalue weighted by Crippen LogP contribution is 2.32. The van der Waals surface area contributed by atoms with Crippen LogP contribution in [-0.4, -0.2) is 25.2 Å². The summed E-state index contributed by atoms with van der Waals surface area (Å²) in [7, 11) is 1.68. The standard InChI is InChI=1S/C21H25NO3/c1-14(22-15(2)23)21-13-18-12-17(8-11-20(18)25-21)5-4-16-6-9-19(24-3)10-7-16/h6-10,12-14,20H,4-5,11H2,1-3H3,(H,22,23). The van der Waals surface area contributed by atoms with Crippen molar-refractivity contribution in [2.75, 3.05) is 7.11 Å². The average molecular weight is 339 g/mol. The highest BCUT2D eigenvalue weighted by Gasteiger charge is 2.28. The lowest BCUT2D eigenvalue weighted by atomic mass is 9.93. The number of carbonyl (C=O) groups is 1. The largest absolute Gasteiger partial charge is 0.497 e. The van der Waals surface area contributed by atoms with Gasteiger partial charge in [-0.25, -0.2) is 0 Å². The molecule has 1 aromatic carbocycles. The predicted octanol–water partition coefficient (Wildman–Crippen LogP) is 3.69. The number of nitrogens with one attached hydrogen (secondary N) is 1. The lowest BCUT2D eigenvalue weighted by molar-refractivity contribution is -0.119. The first-order chi connectivity index (χ1) is 12.0. The fourth-order valence-corrected chi connectivity index (χ4v) is 3.23. The van der Waals surface area contributed by atoms with Crippen LogP contribution in [0.4, 0.5) is 0 Å². The normalized spacial score (nSPS) is 19.8. The summed E-state index contributed by atoms with van der Waals surface area (Å²) in [6.45, 7) is 3.47. The summed E-state index contributed by atoms with van der Waals surface area (Å²) in [4.78, 5) is 11.2. The fourth-order valence-electron chi connectivity index (χ4n) is 3.23. The Bertz CT molecular complexity index is 728. The minimum absolute atomic E-state index is 0.0424. The molecule has 2 unspecified atom stereocenters. The van der Waals surface area contributed by atoms with Crippen molar-refractivity contribution in [3.8, 4) is 5.75 Å². The van der Waals surface area contributed by atoms with Gasteiger partial charge in [0.1, 0.15) is 17.6 Å². The van der Waals surface area contributed by atoms with Gasteiger partial charge in [-0.3, -0.25) is 4.79 Å². The molecule has 4 heteroatoms. The summed E-state index contributed by atoms with van der Waals surface area (Å²) >= 11 is 0. The second-order valence-corrected chi connectivity index (χ2v) is 6.58. The third-order valence-electron chi connectivity index (χ3n) is 4.61. The molecule has 1 heterocycles. The summed E-state index contributed by atoms with van der Waals surface area (Å²) in [5, 5.41) is 2.87. The fraction of sp³-hybridized carbons (Fsp3) is 0.381. The lowest BCUT2D eigenvalue weighted by Gasteiger charge is -2.20. The summed E-state index contributed by atoms with van der Waals surface area (Å²) in [5.41, 5.74) is 3.86. The van der Waals surface area contributed by atoms with Crippen LogP contribution in [-0.2, 0) is 16.0 Å².